The zero-order chi connectivity index (χ0) is 45.6. The Balaban J connectivity index is 4.33. The van der Waals surface area contributed by atoms with Crippen LogP contribution in [0.3, 0.4) is 0 Å². The number of quaternary nitrogens is 1. The highest BCUT2D eigenvalue weighted by molar-refractivity contribution is 5.70. The van der Waals surface area contributed by atoms with E-state index in [-0.39, 0.29) is 49.1 Å². The minimum atomic E-state index is -1.14. The summed E-state index contributed by atoms with van der Waals surface area (Å²) < 4.78 is 17.1. The molecule has 0 aromatic rings. The summed E-state index contributed by atoms with van der Waals surface area (Å²) in [7, 11) is 5.38. The number of nitrogens with zero attached hydrogens (tertiary/aromatic N) is 1. The number of hydrogen-bond acceptors (Lipinski definition) is 7. The van der Waals surface area contributed by atoms with Crippen LogP contribution in [0.1, 0.15) is 162 Å². The molecule has 0 bridgehead atoms. The Morgan fingerprint density at radius 3 is 1.47 bits per heavy atom. The van der Waals surface area contributed by atoms with E-state index < -0.39 is 18.1 Å². The lowest BCUT2D eigenvalue weighted by Gasteiger charge is -2.34. The molecule has 2 atom stereocenters. The molecule has 8 heteroatoms. The van der Waals surface area contributed by atoms with Crippen molar-refractivity contribution in [2.75, 3.05) is 41.0 Å². The van der Waals surface area contributed by atoms with Gasteiger partial charge in [-0.1, -0.05) is 181 Å². The lowest BCUT2D eigenvalue weighted by molar-refractivity contribution is -0.889. The first kappa shape index (κ1) is 58.0. The van der Waals surface area contributed by atoms with Gasteiger partial charge in [0.05, 0.1) is 40.3 Å². The van der Waals surface area contributed by atoms with Gasteiger partial charge in [-0.15, -0.1) is 0 Å². The van der Waals surface area contributed by atoms with Crippen molar-refractivity contribution in [2.24, 2.45) is 0 Å². The van der Waals surface area contributed by atoms with Crippen LogP contribution in [0.2, 0.25) is 0 Å². The summed E-state index contributed by atoms with van der Waals surface area (Å²) in [6, 6.07) is -0.741. The van der Waals surface area contributed by atoms with Crippen LogP contribution >= 0.6 is 0 Å². The van der Waals surface area contributed by atoms with Crippen molar-refractivity contribution in [1.29, 1.82) is 0 Å². The van der Waals surface area contributed by atoms with E-state index in [4.69, 9.17) is 14.2 Å². The Kier molecular flexibility index (Phi) is 40.8. The van der Waals surface area contributed by atoms with E-state index in [1.807, 2.05) is 48.6 Å². The SMILES string of the molecule is CC/C=C/C=C/C=C/C=C/C=C/CCCCCC(=O)OC(COCCC(C(=O)[O-])[N+](C)(C)C)COC(=O)CCCCCCCCCCCC/C=C/C/C=C/C/C=C/C/C=C/CC. The van der Waals surface area contributed by atoms with Crippen LogP contribution in [0.4, 0.5) is 0 Å². The normalized spacial score (nSPS) is 13.9. The van der Waals surface area contributed by atoms with Gasteiger partial charge in [0.1, 0.15) is 12.6 Å². The largest absolute Gasteiger partial charge is 0.544 e. The predicted octanol–water partition coefficient (Wildman–Crippen LogP) is 12.3. The van der Waals surface area contributed by atoms with Crippen LogP contribution in [0.25, 0.3) is 0 Å². The Morgan fingerprint density at radius 1 is 0.500 bits per heavy atom. The molecule has 0 saturated carbocycles. The van der Waals surface area contributed by atoms with Gasteiger partial charge in [-0.25, -0.2) is 0 Å². The zero-order valence-corrected chi connectivity index (χ0v) is 39.7. The molecule has 0 N–H and O–H groups in total. The van der Waals surface area contributed by atoms with Gasteiger partial charge in [-0.2, -0.15) is 0 Å². The highest BCUT2D eigenvalue weighted by atomic mass is 16.6. The third kappa shape index (κ3) is 41.3. The summed E-state index contributed by atoms with van der Waals surface area (Å²) in [6.07, 6.45) is 59.8. The first-order valence-electron chi connectivity index (χ1n) is 24.0. The quantitative estimate of drug-likeness (QED) is 0.0198. The maximum atomic E-state index is 12.7. The van der Waals surface area contributed by atoms with Crippen LogP contribution in [0.15, 0.2) is 109 Å². The second-order valence-electron chi connectivity index (χ2n) is 16.7. The monoisotopic (exact) mass is 862 g/mol. The number of carbonyl (C=O) groups is 3. The van der Waals surface area contributed by atoms with E-state index in [2.05, 4.69) is 74.6 Å². The number of carboxylic acid groups (broad SMARTS) is 1. The third-order valence-corrected chi connectivity index (χ3v) is 10.0. The molecule has 0 aliphatic rings. The topological polar surface area (TPSA) is 102 Å². The van der Waals surface area contributed by atoms with Crippen molar-refractivity contribution < 1.29 is 38.2 Å². The molecule has 62 heavy (non-hydrogen) atoms. The van der Waals surface area contributed by atoms with E-state index >= 15 is 0 Å². The average Bonchev–Trinajstić information content (AvgIpc) is 3.23. The van der Waals surface area contributed by atoms with Crippen LogP contribution in [0, 0.1) is 0 Å². The van der Waals surface area contributed by atoms with Crippen LogP contribution in [-0.4, -0.2) is 75.5 Å². The van der Waals surface area contributed by atoms with E-state index in [1.54, 1.807) is 21.1 Å². The van der Waals surface area contributed by atoms with Crippen molar-refractivity contribution >= 4 is 17.9 Å². The lowest BCUT2D eigenvalue weighted by atomic mass is 10.1. The molecule has 0 spiro atoms. The van der Waals surface area contributed by atoms with Gasteiger partial charge in [0.25, 0.3) is 0 Å². The first-order chi connectivity index (χ1) is 30.1. The molecule has 0 radical (unpaired) electrons. The minimum Gasteiger partial charge on any atom is -0.544 e. The number of aliphatic carboxylic acids is 1. The Morgan fingerprint density at radius 2 is 0.935 bits per heavy atom. The van der Waals surface area contributed by atoms with E-state index in [0.717, 1.165) is 77.0 Å². The smallest absolute Gasteiger partial charge is 0.306 e. The predicted molar refractivity (Wildman–Crippen MR) is 258 cm³/mol. The summed E-state index contributed by atoms with van der Waals surface area (Å²) >= 11 is 0. The fraction of sp³-hybridized carbons (Fsp3) is 0.611. The molecule has 0 fully saturated rings. The molecule has 0 heterocycles. The molecular weight excluding hydrogens is 775 g/mol. The van der Waals surface area contributed by atoms with Gasteiger partial charge in [-0.3, -0.25) is 9.59 Å². The number of likely N-dealkylation sites (N-methyl/N-ethyl adjacent to an activating group) is 1. The van der Waals surface area contributed by atoms with Crippen molar-refractivity contribution in [3.63, 3.8) is 0 Å². The van der Waals surface area contributed by atoms with Gasteiger partial charge >= 0.3 is 11.9 Å². The van der Waals surface area contributed by atoms with Crippen molar-refractivity contribution in [3.8, 4) is 0 Å². The number of allylic oxidation sites excluding steroid dienone is 18. The van der Waals surface area contributed by atoms with Crippen molar-refractivity contribution in [3.05, 3.63) is 109 Å². The number of ether oxygens (including phenoxy) is 3. The summed E-state index contributed by atoms with van der Waals surface area (Å²) in [5.41, 5.74) is 0. The number of hydrogen-bond donors (Lipinski definition) is 0. The average molecular weight is 862 g/mol. The minimum absolute atomic E-state index is 0.0148. The fourth-order valence-corrected chi connectivity index (χ4v) is 6.38. The van der Waals surface area contributed by atoms with Crippen LogP contribution < -0.4 is 5.11 Å². The maximum Gasteiger partial charge on any atom is 0.306 e. The Hall–Kier alpha value is -4.01. The Bertz CT molecular complexity index is 1370. The third-order valence-electron chi connectivity index (χ3n) is 10.0. The first-order valence-corrected chi connectivity index (χ1v) is 24.0. The summed E-state index contributed by atoms with van der Waals surface area (Å²) in [5, 5.41) is 11.6. The molecule has 0 aliphatic heterocycles. The summed E-state index contributed by atoms with van der Waals surface area (Å²) in [5.74, 6) is -1.81. The number of unbranched alkanes of at least 4 members (excludes halogenated alkanes) is 13. The van der Waals surface area contributed by atoms with Gasteiger partial charge in [0, 0.05) is 19.3 Å². The Labute approximate surface area is 378 Å². The molecular formula is C54H87NO7. The molecule has 0 aromatic heterocycles. The van der Waals surface area contributed by atoms with Crippen LogP contribution in [0.5, 0.6) is 0 Å². The second kappa shape index (κ2) is 43.6. The number of rotatable bonds is 41. The molecule has 0 saturated heterocycles. The number of carbonyl (C=O) groups excluding carboxylic acids is 3. The molecule has 0 amide bonds. The van der Waals surface area contributed by atoms with Gasteiger partial charge in [0.2, 0.25) is 0 Å². The number of esters is 2. The van der Waals surface area contributed by atoms with Gasteiger partial charge in [-0.05, 0) is 70.6 Å². The molecule has 0 aromatic carbocycles. The highest BCUT2D eigenvalue weighted by Gasteiger charge is 2.25. The van der Waals surface area contributed by atoms with Crippen molar-refractivity contribution in [2.45, 2.75) is 174 Å². The van der Waals surface area contributed by atoms with E-state index in [1.165, 1.54) is 44.9 Å². The molecule has 2 unspecified atom stereocenters. The lowest BCUT2D eigenvalue weighted by Crippen LogP contribution is -2.55. The summed E-state index contributed by atoms with van der Waals surface area (Å²) in [6.45, 7) is 4.34. The molecule has 350 valence electrons. The van der Waals surface area contributed by atoms with Crippen LogP contribution in [-0.2, 0) is 28.6 Å². The van der Waals surface area contributed by atoms with Gasteiger partial charge in [0.15, 0.2) is 6.10 Å². The van der Waals surface area contributed by atoms with E-state index in [9.17, 15) is 19.5 Å². The van der Waals surface area contributed by atoms with Crippen molar-refractivity contribution in [1.82, 2.24) is 0 Å². The maximum absolute atomic E-state index is 12.7. The fourth-order valence-electron chi connectivity index (χ4n) is 6.38. The van der Waals surface area contributed by atoms with E-state index in [0.29, 0.717) is 12.8 Å². The zero-order valence-electron chi connectivity index (χ0n) is 39.7. The molecule has 8 nitrogen and oxygen atoms in total. The number of carboxylic acids is 1. The van der Waals surface area contributed by atoms with Gasteiger partial charge < -0.3 is 28.6 Å². The summed E-state index contributed by atoms with van der Waals surface area (Å²) in [4.78, 5) is 36.9. The standard InChI is InChI=1S/C54H87NO7/c1-6-8-10-12-14-16-18-20-22-23-24-25-26-27-28-29-31-32-34-36-38-40-42-44-52(56)61-49-50(48-60-47-46-51(54(58)59)55(3,4)5)62-53(57)45-43-41-39-37-35-33-30-21-19-17-15-13-11-9-7-2/h8-11,13-17,19-22,24-25,30,33,35,50-51H,6-7,12,18,23,26-29,31-32,34,36-49H2,1-5H3/b10-8+,11-9+,15-13+,16-14+,19-17+,22-20+,25-24+,30-21+,35-33+. The molecule has 0 rings (SSSR count). The highest BCUT2D eigenvalue weighted by Crippen LogP contribution is 2.14. The molecule has 0 aliphatic carbocycles. The second-order valence-corrected chi connectivity index (χ2v) is 16.7.